The standard InChI is InChI=1S/C28H38N4O2.CH2O2/c1-4-32(22-15-13-21(29-3)14-16-22)26-12-8-11-24-23(26)10-7-5-6-9-20-17-19(2)31-28(34)25(20)18-30-27(24)33;2-1-3/h5,7-8,11-12,17,21-22,29H,4,6,9-10,13-16,18H2,1-3H3,(H,30,33)(H,31,34);1H,(H,2,3)/t21-,22-;. The number of carboxylic acid groups (broad SMARTS) is 1. The number of allylic oxidation sites excluding steroid dienone is 2. The van der Waals surface area contributed by atoms with Crippen molar-refractivity contribution in [2.24, 2.45) is 0 Å². The minimum absolute atomic E-state index is 0.111. The van der Waals surface area contributed by atoms with Crippen molar-refractivity contribution in [2.75, 3.05) is 18.5 Å². The number of benzene rings is 1. The van der Waals surface area contributed by atoms with Crippen LogP contribution in [0.25, 0.3) is 0 Å². The molecule has 4 rings (SSSR count). The number of aromatic amines is 1. The third-order valence-corrected chi connectivity index (χ3v) is 7.45. The van der Waals surface area contributed by atoms with E-state index in [2.05, 4.69) is 52.7 Å². The lowest BCUT2D eigenvalue weighted by atomic mass is 9.89. The maximum absolute atomic E-state index is 13.4. The van der Waals surface area contributed by atoms with Crippen molar-refractivity contribution < 1.29 is 14.7 Å². The van der Waals surface area contributed by atoms with E-state index in [0.29, 0.717) is 23.2 Å². The van der Waals surface area contributed by atoms with Gasteiger partial charge in [-0.2, -0.15) is 0 Å². The summed E-state index contributed by atoms with van der Waals surface area (Å²) in [7, 11) is 2.05. The van der Waals surface area contributed by atoms with Crippen LogP contribution in [0.1, 0.15) is 71.8 Å². The van der Waals surface area contributed by atoms with E-state index in [9.17, 15) is 9.59 Å². The smallest absolute Gasteiger partial charge is 0.290 e. The molecule has 1 amide bonds. The van der Waals surface area contributed by atoms with Crippen LogP contribution in [-0.4, -0.2) is 48.1 Å². The molecule has 1 aromatic heterocycles. The van der Waals surface area contributed by atoms with E-state index in [1.807, 2.05) is 25.1 Å². The van der Waals surface area contributed by atoms with Gasteiger partial charge in [0, 0.05) is 47.7 Å². The van der Waals surface area contributed by atoms with E-state index >= 15 is 0 Å². The molecule has 8 nitrogen and oxygen atoms in total. The van der Waals surface area contributed by atoms with Gasteiger partial charge in [-0.3, -0.25) is 14.4 Å². The molecule has 2 aliphatic rings. The van der Waals surface area contributed by atoms with Gasteiger partial charge >= 0.3 is 0 Å². The maximum atomic E-state index is 13.4. The predicted molar refractivity (Wildman–Crippen MR) is 147 cm³/mol. The number of fused-ring (bicyclic) bond motifs is 2. The van der Waals surface area contributed by atoms with Crippen molar-refractivity contribution in [3.8, 4) is 0 Å². The van der Waals surface area contributed by atoms with Gasteiger partial charge in [-0.05, 0) is 95.2 Å². The third-order valence-electron chi connectivity index (χ3n) is 7.45. The molecule has 1 saturated carbocycles. The number of nitrogens with one attached hydrogen (secondary N) is 3. The van der Waals surface area contributed by atoms with Crippen molar-refractivity contribution >= 4 is 18.1 Å². The molecule has 1 fully saturated rings. The largest absolute Gasteiger partial charge is 0.483 e. The summed E-state index contributed by atoms with van der Waals surface area (Å²) in [6.07, 6.45) is 11.4. The Morgan fingerprint density at radius 2 is 1.86 bits per heavy atom. The molecule has 2 aromatic rings. The zero-order valence-corrected chi connectivity index (χ0v) is 22.2. The lowest BCUT2D eigenvalue weighted by Gasteiger charge is -2.39. The molecule has 1 aromatic carbocycles. The SMILES string of the molecule is CCN(c1cccc2c1CC=CCCc1cc(C)[nH]c(=O)c1CNC2=O)[C@H]1CC[C@H](NC)CC1.O=CO. The highest BCUT2D eigenvalue weighted by Crippen LogP contribution is 2.32. The molecule has 2 heterocycles. The number of carbonyl (C=O) groups excluding carboxylic acids is 1. The predicted octanol–water partition coefficient (Wildman–Crippen LogP) is 3.72. The third kappa shape index (κ3) is 7.10. The van der Waals surface area contributed by atoms with Crippen LogP contribution in [0.2, 0.25) is 0 Å². The minimum atomic E-state index is -0.250. The second-order valence-electron chi connectivity index (χ2n) is 9.67. The minimum Gasteiger partial charge on any atom is -0.483 e. The Hall–Kier alpha value is -3.39. The molecule has 0 unspecified atom stereocenters. The Morgan fingerprint density at radius 3 is 2.54 bits per heavy atom. The summed E-state index contributed by atoms with van der Waals surface area (Å²) in [5.74, 6) is -0.119. The number of anilines is 1. The fraction of sp³-hybridized carbons (Fsp3) is 0.483. The van der Waals surface area contributed by atoms with Crippen molar-refractivity contribution in [3.05, 3.63) is 74.7 Å². The number of aryl methyl sites for hydroxylation is 2. The van der Waals surface area contributed by atoms with Gasteiger partial charge in [-0.15, -0.1) is 0 Å². The summed E-state index contributed by atoms with van der Waals surface area (Å²) in [5, 5.41) is 13.4. The van der Waals surface area contributed by atoms with Crippen molar-refractivity contribution in [1.29, 1.82) is 0 Å². The van der Waals surface area contributed by atoms with E-state index in [1.165, 1.54) is 18.5 Å². The first-order valence-electron chi connectivity index (χ1n) is 13.2. The van der Waals surface area contributed by atoms with Crippen LogP contribution in [0.15, 0.2) is 41.2 Å². The van der Waals surface area contributed by atoms with Gasteiger partial charge in [0.15, 0.2) is 0 Å². The normalized spacial score (nSPS) is 19.6. The van der Waals surface area contributed by atoms with Crippen molar-refractivity contribution in [3.63, 3.8) is 0 Å². The molecule has 0 bridgehead atoms. The highest BCUT2D eigenvalue weighted by molar-refractivity contribution is 5.97. The van der Waals surface area contributed by atoms with Gasteiger partial charge < -0.3 is 25.6 Å². The number of nitrogens with zero attached hydrogens (tertiary/aromatic N) is 1. The highest BCUT2D eigenvalue weighted by Gasteiger charge is 2.27. The highest BCUT2D eigenvalue weighted by atomic mass is 16.3. The second kappa shape index (κ2) is 13.8. The molecular weight excluding hydrogens is 468 g/mol. The number of pyridine rings is 1. The number of carbonyl (C=O) groups is 2. The summed E-state index contributed by atoms with van der Waals surface area (Å²) in [6, 6.07) is 9.20. The molecule has 0 saturated heterocycles. The number of H-pyrrole nitrogens is 1. The zero-order chi connectivity index (χ0) is 26.8. The van der Waals surface area contributed by atoms with Gasteiger partial charge in [0.2, 0.25) is 0 Å². The molecule has 200 valence electrons. The van der Waals surface area contributed by atoms with E-state index in [4.69, 9.17) is 9.90 Å². The van der Waals surface area contributed by atoms with Crippen molar-refractivity contribution in [1.82, 2.24) is 15.6 Å². The Morgan fingerprint density at radius 1 is 1.14 bits per heavy atom. The number of aromatic nitrogens is 1. The lowest BCUT2D eigenvalue weighted by molar-refractivity contribution is -0.122. The Kier molecular flexibility index (Phi) is 10.5. The number of amides is 1. The molecule has 0 radical (unpaired) electrons. The van der Waals surface area contributed by atoms with Crippen LogP contribution in [0.3, 0.4) is 0 Å². The van der Waals surface area contributed by atoms with E-state index in [1.54, 1.807) is 0 Å². The van der Waals surface area contributed by atoms with Crippen LogP contribution in [0.5, 0.6) is 0 Å². The van der Waals surface area contributed by atoms with Gasteiger partial charge in [0.25, 0.3) is 17.9 Å². The molecule has 37 heavy (non-hydrogen) atoms. The van der Waals surface area contributed by atoms with Gasteiger partial charge in [-0.1, -0.05) is 18.2 Å². The average molecular weight is 509 g/mol. The van der Waals surface area contributed by atoms with Crippen LogP contribution in [-0.2, 0) is 24.2 Å². The van der Waals surface area contributed by atoms with E-state index in [-0.39, 0.29) is 24.5 Å². The van der Waals surface area contributed by atoms with Crippen LogP contribution >= 0.6 is 0 Å². The Labute approximate surface area is 219 Å². The summed E-state index contributed by atoms with van der Waals surface area (Å²) in [5.41, 5.74) is 5.35. The van der Waals surface area contributed by atoms with Crippen LogP contribution in [0, 0.1) is 6.92 Å². The summed E-state index contributed by atoms with van der Waals surface area (Å²) < 4.78 is 0. The molecule has 1 aliphatic heterocycles. The summed E-state index contributed by atoms with van der Waals surface area (Å²) in [4.78, 5) is 39.7. The van der Waals surface area contributed by atoms with Crippen LogP contribution in [0.4, 0.5) is 5.69 Å². The maximum Gasteiger partial charge on any atom is 0.290 e. The average Bonchev–Trinajstić information content (AvgIpc) is 2.88. The molecule has 0 spiro atoms. The fourth-order valence-corrected chi connectivity index (χ4v) is 5.60. The van der Waals surface area contributed by atoms with Gasteiger partial charge in [0.1, 0.15) is 0 Å². The molecule has 8 heteroatoms. The number of rotatable bonds is 4. The molecule has 4 N–H and O–H groups in total. The quantitative estimate of drug-likeness (QED) is 0.370. The molecule has 1 aliphatic carbocycles. The first-order chi connectivity index (χ1) is 17.9. The monoisotopic (exact) mass is 508 g/mol. The Balaban J connectivity index is 0.00000121. The Bertz CT molecular complexity index is 1150. The van der Waals surface area contributed by atoms with Gasteiger partial charge in [0.05, 0.1) is 0 Å². The fourth-order valence-electron chi connectivity index (χ4n) is 5.60. The van der Waals surface area contributed by atoms with Gasteiger partial charge in [-0.25, -0.2) is 0 Å². The second-order valence-corrected chi connectivity index (χ2v) is 9.67. The number of hydrogen-bond acceptors (Lipinski definition) is 5. The summed E-state index contributed by atoms with van der Waals surface area (Å²) in [6.45, 7) is 5.01. The first kappa shape index (κ1) is 28.2. The van der Waals surface area contributed by atoms with E-state index < -0.39 is 0 Å². The first-order valence-corrected chi connectivity index (χ1v) is 13.2. The van der Waals surface area contributed by atoms with E-state index in [0.717, 1.165) is 55.5 Å². The molecular formula is C29H40N4O4. The lowest BCUT2D eigenvalue weighted by Crippen LogP contribution is -2.42. The van der Waals surface area contributed by atoms with Crippen molar-refractivity contribution in [2.45, 2.75) is 77.4 Å². The molecule has 0 atom stereocenters. The zero-order valence-electron chi connectivity index (χ0n) is 22.2. The van der Waals surface area contributed by atoms with Crippen LogP contribution < -0.4 is 21.1 Å². The topological polar surface area (TPSA) is 115 Å². The number of hydrogen-bond donors (Lipinski definition) is 4. The summed E-state index contributed by atoms with van der Waals surface area (Å²) >= 11 is 0.